The lowest BCUT2D eigenvalue weighted by atomic mass is 10.1. The SMILES string of the molecule is CC[C@H](C(=O)NC)N(Cc1ccc(Cl)cc1)C(=O)CN(c1ccccc1C)S(C)(=O)=O. The zero-order valence-corrected chi connectivity index (χ0v) is 19.7. The molecule has 2 aromatic carbocycles. The number of nitrogens with zero attached hydrogens (tertiary/aromatic N) is 2. The highest BCUT2D eigenvalue weighted by atomic mass is 35.5. The van der Waals surface area contributed by atoms with Crippen molar-refractivity contribution in [2.75, 3.05) is 24.2 Å². The van der Waals surface area contributed by atoms with E-state index in [2.05, 4.69) is 5.32 Å². The Kier molecular flexibility index (Phi) is 8.47. The van der Waals surface area contributed by atoms with Gasteiger partial charge in [0.2, 0.25) is 21.8 Å². The summed E-state index contributed by atoms with van der Waals surface area (Å²) >= 11 is 5.96. The molecule has 0 saturated carbocycles. The van der Waals surface area contributed by atoms with Gasteiger partial charge in [0.15, 0.2) is 0 Å². The molecule has 0 fully saturated rings. The molecule has 2 aromatic rings. The lowest BCUT2D eigenvalue weighted by Gasteiger charge is -2.33. The van der Waals surface area contributed by atoms with E-state index in [1.807, 2.05) is 0 Å². The van der Waals surface area contributed by atoms with Crippen molar-refractivity contribution in [2.45, 2.75) is 32.9 Å². The van der Waals surface area contributed by atoms with Crippen molar-refractivity contribution in [3.05, 3.63) is 64.7 Å². The first-order valence-electron chi connectivity index (χ1n) is 9.87. The molecule has 0 aromatic heterocycles. The van der Waals surface area contributed by atoms with Gasteiger partial charge < -0.3 is 10.2 Å². The minimum atomic E-state index is -3.74. The lowest BCUT2D eigenvalue weighted by molar-refractivity contribution is -0.140. The number of hydrogen-bond acceptors (Lipinski definition) is 4. The van der Waals surface area contributed by atoms with Gasteiger partial charge in [-0.05, 0) is 42.7 Å². The van der Waals surface area contributed by atoms with Crippen LogP contribution in [0.3, 0.4) is 0 Å². The summed E-state index contributed by atoms with van der Waals surface area (Å²) < 4.78 is 26.1. The van der Waals surface area contributed by atoms with Crippen LogP contribution < -0.4 is 9.62 Å². The van der Waals surface area contributed by atoms with Gasteiger partial charge in [0.1, 0.15) is 12.6 Å². The predicted octanol–water partition coefficient (Wildman–Crippen LogP) is 2.97. The Labute approximate surface area is 189 Å². The molecule has 2 rings (SSSR count). The summed E-state index contributed by atoms with van der Waals surface area (Å²) in [6.07, 6.45) is 1.44. The molecule has 0 aliphatic rings. The largest absolute Gasteiger partial charge is 0.357 e. The molecule has 31 heavy (non-hydrogen) atoms. The standard InChI is InChI=1S/C22H28ClN3O4S/c1-5-19(22(28)24-3)25(14-17-10-12-18(23)13-11-17)21(27)15-26(31(4,29)30)20-9-7-6-8-16(20)2/h6-13,19H,5,14-15H2,1-4H3,(H,24,28)/t19-/m1/s1. The third-order valence-corrected chi connectivity index (χ3v) is 6.34. The molecule has 0 bridgehead atoms. The number of benzene rings is 2. The first-order valence-corrected chi connectivity index (χ1v) is 12.1. The monoisotopic (exact) mass is 465 g/mol. The van der Waals surface area contributed by atoms with Crippen LogP contribution in [-0.2, 0) is 26.2 Å². The molecule has 1 atom stereocenters. The molecule has 0 radical (unpaired) electrons. The van der Waals surface area contributed by atoms with Crippen molar-refractivity contribution in [3.63, 3.8) is 0 Å². The van der Waals surface area contributed by atoms with Gasteiger partial charge in [0, 0.05) is 18.6 Å². The molecular formula is C22H28ClN3O4S. The van der Waals surface area contributed by atoms with E-state index in [4.69, 9.17) is 11.6 Å². The number of carbonyl (C=O) groups excluding carboxylic acids is 2. The molecule has 0 unspecified atom stereocenters. The van der Waals surface area contributed by atoms with Crippen molar-refractivity contribution in [3.8, 4) is 0 Å². The topological polar surface area (TPSA) is 86.8 Å². The summed E-state index contributed by atoms with van der Waals surface area (Å²) in [6, 6.07) is 13.2. The Balaban J connectivity index is 2.43. The van der Waals surface area contributed by atoms with Crippen LogP contribution in [0.15, 0.2) is 48.5 Å². The highest BCUT2D eigenvalue weighted by Crippen LogP contribution is 2.23. The van der Waals surface area contributed by atoms with Crippen LogP contribution in [0, 0.1) is 6.92 Å². The van der Waals surface area contributed by atoms with Crippen molar-refractivity contribution >= 4 is 39.1 Å². The van der Waals surface area contributed by atoms with Crippen molar-refractivity contribution in [1.29, 1.82) is 0 Å². The van der Waals surface area contributed by atoms with Crippen LogP contribution in [0.1, 0.15) is 24.5 Å². The quantitative estimate of drug-likeness (QED) is 0.616. The van der Waals surface area contributed by atoms with Gasteiger partial charge in [-0.15, -0.1) is 0 Å². The van der Waals surface area contributed by atoms with Gasteiger partial charge in [-0.2, -0.15) is 0 Å². The number of halogens is 1. The highest BCUT2D eigenvalue weighted by Gasteiger charge is 2.31. The van der Waals surface area contributed by atoms with Crippen LogP contribution in [-0.4, -0.2) is 51.0 Å². The van der Waals surface area contributed by atoms with Gasteiger partial charge in [0.05, 0.1) is 11.9 Å². The van der Waals surface area contributed by atoms with Crippen LogP contribution >= 0.6 is 11.6 Å². The Bertz CT molecular complexity index is 1030. The average Bonchev–Trinajstić information content (AvgIpc) is 2.72. The summed E-state index contributed by atoms with van der Waals surface area (Å²) in [4.78, 5) is 27.3. The second kappa shape index (κ2) is 10.6. The van der Waals surface area contributed by atoms with E-state index in [1.54, 1.807) is 62.4 Å². The fourth-order valence-corrected chi connectivity index (χ4v) is 4.34. The number of rotatable bonds is 9. The predicted molar refractivity (Wildman–Crippen MR) is 124 cm³/mol. The molecule has 0 saturated heterocycles. The van der Waals surface area contributed by atoms with E-state index < -0.39 is 28.5 Å². The van der Waals surface area contributed by atoms with Crippen molar-refractivity contribution in [1.82, 2.24) is 10.2 Å². The molecule has 168 valence electrons. The molecule has 2 amide bonds. The first kappa shape index (κ1) is 24.7. The van der Waals surface area contributed by atoms with Gasteiger partial charge >= 0.3 is 0 Å². The number of anilines is 1. The molecule has 7 nitrogen and oxygen atoms in total. The highest BCUT2D eigenvalue weighted by molar-refractivity contribution is 7.92. The van der Waals surface area contributed by atoms with Gasteiger partial charge in [-0.3, -0.25) is 13.9 Å². The van der Waals surface area contributed by atoms with Gasteiger partial charge in [0.25, 0.3) is 0 Å². The second-order valence-electron chi connectivity index (χ2n) is 7.24. The third-order valence-electron chi connectivity index (χ3n) is 4.96. The van der Waals surface area contributed by atoms with E-state index in [-0.39, 0.29) is 12.5 Å². The molecule has 1 N–H and O–H groups in total. The van der Waals surface area contributed by atoms with E-state index in [0.29, 0.717) is 17.1 Å². The van der Waals surface area contributed by atoms with E-state index >= 15 is 0 Å². The first-order chi connectivity index (χ1) is 14.6. The number of hydrogen-bond donors (Lipinski definition) is 1. The molecule has 0 heterocycles. The Morgan fingerprint density at radius 1 is 1.10 bits per heavy atom. The van der Waals surface area contributed by atoms with Crippen LogP contribution in [0.25, 0.3) is 0 Å². The van der Waals surface area contributed by atoms with E-state index in [1.165, 1.54) is 11.9 Å². The molecule has 0 spiro atoms. The van der Waals surface area contributed by atoms with Gasteiger partial charge in [-0.1, -0.05) is 48.9 Å². The molecule has 0 aliphatic heterocycles. The van der Waals surface area contributed by atoms with E-state index in [9.17, 15) is 18.0 Å². The number of carbonyl (C=O) groups is 2. The summed E-state index contributed by atoms with van der Waals surface area (Å²) in [5.74, 6) is -0.786. The smallest absolute Gasteiger partial charge is 0.244 e. The fourth-order valence-electron chi connectivity index (χ4n) is 3.31. The maximum Gasteiger partial charge on any atom is 0.244 e. The number of amides is 2. The van der Waals surface area contributed by atoms with Crippen molar-refractivity contribution in [2.24, 2.45) is 0 Å². The number of sulfonamides is 1. The van der Waals surface area contributed by atoms with Crippen molar-refractivity contribution < 1.29 is 18.0 Å². The lowest BCUT2D eigenvalue weighted by Crippen LogP contribution is -2.51. The van der Waals surface area contributed by atoms with E-state index in [0.717, 1.165) is 21.7 Å². The van der Waals surface area contributed by atoms with Crippen LogP contribution in [0.5, 0.6) is 0 Å². The minimum absolute atomic E-state index is 0.146. The number of aryl methyl sites for hydroxylation is 1. The zero-order chi connectivity index (χ0) is 23.2. The Morgan fingerprint density at radius 3 is 2.23 bits per heavy atom. The molecular weight excluding hydrogens is 438 g/mol. The summed E-state index contributed by atoms with van der Waals surface area (Å²) in [6.45, 7) is 3.32. The maximum absolute atomic E-state index is 13.4. The summed E-state index contributed by atoms with van der Waals surface area (Å²) in [5.41, 5.74) is 1.93. The van der Waals surface area contributed by atoms with Gasteiger partial charge in [-0.25, -0.2) is 8.42 Å². The summed E-state index contributed by atoms with van der Waals surface area (Å²) in [7, 11) is -2.23. The number of para-hydroxylation sites is 1. The molecule has 9 heteroatoms. The summed E-state index contributed by atoms with van der Waals surface area (Å²) in [5, 5.41) is 3.14. The Hall–Kier alpha value is -2.58. The Morgan fingerprint density at radius 2 is 1.71 bits per heavy atom. The second-order valence-corrected chi connectivity index (χ2v) is 9.59. The number of nitrogens with one attached hydrogen (secondary N) is 1. The maximum atomic E-state index is 13.4. The zero-order valence-electron chi connectivity index (χ0n) is 18.1. The normalized spacial score (nSPS) is 12.2. The third kappa shape index (κ3) is 6.45. The fraction of sp³-hybridized carbons (Fsp3) is 0.364. The molecule has 0 aliphatic carbocycles. The number of likely N-dealkylation sites (N-methyl/N-ethyl adjacent to an activating group) is 1. The minimum Gasteiger partial charge on any atom is -0.357 e. The average molecular weight is 466 g/mol. The van der Waals surface area contributed by atoms with Crippen LogP contribution in [0.2, 0.25) is 5.02 Å². The van der Waals surface area contributed by atoms with Crippen LogP contribution in [0.4, 0.5) is 5.69 Å².